The van der Waals surface area contributed by atoms with Crippen molar-refractivity contribution in [1.82, 2.24) is 14.1 Å². The van der Waals surface area contributed by atoms with Crippen LogP contribution in [0.5, 0.6) is 0 Å². The summed E-state index contributed by atoms with van der Waals surface area (Å²) >= 11 is 0. The lowest BCUT2D eigenvalue weighted by Gasteiger charge is -2.08. The zero-order valence-corrected chi connectivity index (χ0v) is 17.3. The highest BCUT2D eigenvalue weighted by molar-refractivity contribution is 6.09. The van der Waals surface area contributed by atoms with Crippen LogP contribution in [-0.4, -0.2) is 25.2 Å². The Hall–Kier alpha value is -3.60. The molecule has 0 fully saturated rings. The fraction of sp³-hybridized carbons (Fsp3) is 0.200. The van der Waals surface area contributed by atoms with Gasteiger partial charge < -0.3 is 14.2 Å². The van der Waals surface area contributed by atoms with Gasteiger partial charge in [0.1, 0.15) is 5.82 Å². The van der Waals surface area contributed by atoms with Crippen LogP contribution in [0.1, 0.15) is 29.8 Å². The molecule has 5 aromatic rings. The molecule has 0 amide bonds. The average molecular weight is 397 g/mol. The van der Waals surface area contributed by atoms with Crippen molar-refractivity contribution in [3.05, 3.63) is 65.7 Å². The smallest absolute Gasteiger partial charge is 0.336 e. The number of aromatic carboxylic acids is 1. The lowest BCUT2D eigenvalue weighted by molar-refractivity contribution is 0.0696. The van der Waals surface area contributed by atoms with Gasteiger partial charge in [0.05, 0.1) is 16.6 Å². The van der Waals surface area contributed by atoms with Crippen LogP contribution in [0.25, 0.3) is 44.2 Å². The van der Waals surface area contributed by atoms with Crippen molar-refractivity contribution in [2.24, 2.45) is 0 Å². The standard InChI is InChI=1S/C25H23N3O2/c1-4-27-20-9-7-6-8-18(20)19-14-16(10-12-21(19)27)24-26-23-15(3)17(25(29)30)11-13-22(23)28(24)5-2/h6-14H,4-5H2,1-3H3,(H,29,30). The van der Waals surface area contributed by atoms with Crippen LogP contribution < -0.4 is 0 Å². The summed E-state index contributed by atoms with van der Waals surface area (Å²) in [6.45, 7) is 7.76. The molecule has 0 unspecified atom stereocenters. The Morgan fingerprint density at radius 1 is 0.900 bits per heavy atom. The monoisotopic (exact) mass is 397 g/mol. The number of carbonyl (C=O) groups is 1. The van der Waals surface area contributed by atoms with E-state index in [4.69, 9.17) is 4.98 Å². The minimum Gasteiger partial charge on any atom is -0.478 e. The third-order valence-electron chi connectivity index (χ3n) is 6.07. The summed E-state index contributed by atoms with van der Waals surface area (Å²) in [6.07, 6.45) is 0. The molecule has 0 aliphatic rings. The van der Waals surface area contributed by atoms with Crippen LogP contribution in [0.15, 0.2) is 54.6 Å². The summed E-state index contributed by atoms with van der Waals surface area (Å²) in [7, 11) is 0. The van der Waals surface area contributed by atoms with Crippen LogP contribution in [-0.2, 0) is 13.1 Å². The second-order valence-electron chi connectivity index (χ2n) is 7.58. The molecule has 3 aromatic carbocycles. The van der Waals surface area contributed by atoms with Crippen molar-refractivity contribution < 1.29 is 9.90 Å². The van der Waals surface area contributed by atoms with E-state index in [-0.39, 0.29) is 0 Å². The molecule has 0 spiro atoms. The Morgan fingerprint density at radius 2 is 1.60 bits per heavy atom. The molecule has 0 atom stereocenters. The van der Waals surface area contributed by atoms with Crippen LogP contribution in [0, 0.1) is 6.92 Å². The van der Waals surface area contributed by atoms with Crippen molar-refractivity contribution in [3.63, 3.8) is 0 Å². The van der Waals surface area contributed by atoms with Gasteiger partial charge in [0.15, 0.2) is 0 Å². The largest absolute Gasteiger partial charge is 0.478 e. The lowest BCUT2D eigenvalue weighted by atomic mass is 10.1. The summed E-state index contributed by atoms with van der Waals surface area (Å²) in [5.74, 6) is -0.0517. The maximum Gasteiger partial charge on any atom is 0.336 e. The predicted molar refractivity (Wildman–Crippen MR) is 121 cm³/mol. The second-order valence-corrected chi connectivity index (χ2v) is 7.58. The molecule has 0 bridgehead atoms. The van der Waals surface area contributed by atoms with Gasteiger partial charge in [0.2, 0.25) is 0 Å². The Morgan fingerprint density at radius 3 is 2.33 bits per heavy atom. The molecule has 5 nitrogen and oxygen atoms in total. The fourth-order valence-corrected chi connectivity index (χ4v) is 4.63. The molecule has 0 saturated heterocycles. The number of fused-ring (bicyclic) bond motifs is 4. The molecule has 0 radical (unpaired) electrons. The van der Waals surface area contributed by atoms with E-state index < -0.39 is 5.97 Å². The molecule has 5 heteroatoms. The molecular weight excluding hydrogens is 374 g/mol. The first-order chi connectivity index (χ1) is 14.5. The van der Waals surface area contributed by atoms with Gasteiger partial charge in [0.25, 0.3) is 0 Å². The summed E-state index contributed by atoms with van der Waals surface area (Å²) in [5.41, 5.74) is 6.21. The van der Waals surface area contributed by atoms with Crippen molar-refractivity contribution in [2.45, 2.75) is 33.9 Å². The Kier molecular flexibility index (Phi) is 4.13. The van der Waals surface area contributed by atoms with Gasteiger partial charge in [-0.15, -0.1) is 0 Å². The number of carboxylic acid groups (broad SMARTS) is 1. The summed E-state index contributed by atoms with van der Waals surface area (Å²) in [4.78, 5) is 16.5. The molecular formula is C25H23N3O2. The van der Waals surface area contributed by atoms with E-state index in [0.717, 1.165) is 35.5 Å². The van der Waals surface area contributed by atoms with Crippen molar-refractivity contribution >= 4 is 38.8 Å². The van der Waals surface area contributed by atoms with E-state index in [9.17, 15) is 9.90 Å². The van der Waals surface area contributed by atoms with Gasteiger partial charge in [-0.1, -0.05) is 18.2 Å². The van der Waals surface area contributed by atoms with E-state index in [1.54, 1.807) is 6.07 Å². The summed E-state index contributed by atoms with van der Waals surface area (Å²) < 4.78 is 4.49. The number of imidazole rings is 1. The fourth-order valence-electron chi connectivity index (χ4n) is 4.63. The second kappa shape index (κ2) is 6.73. The predicted octanol–water partition coefficient (Wildman–Crippen LogP) is 5.86. The number of nitrogens with zero attached hydrogens (tertiary/aromatic N) is 3. The van der Waals surface area contributed by atoms with Crippen LogP contribution in [0.3, 0.4) is 0 Å². The number of rotatable bonds is 4. The van der Waals surface area contributed by atoms with E-state index in [1.807, 2.05) is 13.0 Å². The molecule has 5 rings (SSSR count). The van der Waals surface area contributed by atoms with E-state index >= 15 is 0 Å². The number of para-hydroxylation sites is 1. The third kappa shape index (κ3) is 2.48. The highest BCUT2D eigenvalue weighted by atomic mass is 16.4. The van der Waals surface area contributed by atoms with Crippen molar-refractivity contribution in [2.75, 3.05) is 0 Å². The van der Waals surface area contributed by atoms with Crippen molar-refractivity contribution in [3.8, 4) is 11.4 Å². The summed E-state index contributed by atoms with van der Waals surface area (Å²) in [5, 5.41) is 11.9. The highest BCUT2D eigenvalue weighted by Gasteiger charge is 2.18. The molecule has 1 N–H and O–H groups in total. The zero-order chi connectivity index (χ0) is 21.0. The molecule has 0 aliphatic heterocycles. The minimum atomic E-state index is -0.921. The zero-order valence-electron chi connectivity index (χ0n) is 17.3. The highest BCUT2D eigenvalue weighted by Crippen LogP contribution is 2.34. The van der Waals surface area contributed by atoms with Gasteiger partial charge in [-0.25, -0.2) is 9.78 Å². The Balaban J connectivity index is 1.80. The molecule has 0 saturated carbocycles. The molecule has 150 valence electrons. The van der Waals surface area contributed by atoms with Gasteiger partial charge >= 0.3 is 5.97 Å². The number of benzene rings is 3. The van der Waals surface area contributed by atoms with E-state index in [1.165, 1.54) is 21.8 Å². The Labute approximate surface area is 174 Å². The third-order valence-corrected chi connectivity index (χ3v) is 6.07. The molecule has 30 heavy (non-hydrogen) atoms. The minimum absolute atomic E-state index is 0.302. The van der Waals surface area contributed by atoms with Gasteiger partial charge in [-0.2, -0.15) is 0 Å². The first-order valence-corrected chi connectivity index (χ1v) is 10.3. The topological polar surface area (TPSA) is 60.0 Å². The number of aryl methyl sites for hydroxylation is 3. The average Bonchev–Trinajstić information content (AvgIpc) is 3.29. The van der Waals surface area contributed by atoms with Crippen LogP contribution >= 0.6 is 0 Å². The van der Waals surface area contributed by atoms with Gasteiger partial charge in [-0.05, 0) is 62.7 Å². The SMILES string of the molecule is CCn1c(-c2ccc3c(c2)c2ccccc2n3CC)nc2c(C)c(C(=O)O)ccc21. The lowest BCUT2D eigenvalue weighted by Crippen LogP contribution is -2.01. The summed E-state index contributed by atoms with van der Waals surface area (Å²) in [6, 6.07) is 18.5. The quantitative estimate of drug-likeness (QED) is 0.413. The normalized spacial score (nSPS) is 11.7. The van der Waals surface area contributed by atoms with Crippen LogP contribution in [0.2, 0.25) is 0 Å². The van der Waals surface area contributed by atoms with E-state index in [0.29, 0.717) is 11.1 Å². The number of hydrogen-bond acceptors (Lipinski definition) is 2. The molecule has 2 heterocycles. The first kappa shape index (κ1) is 18.4. The first-order valence-electron chi connectivity index (χ1n) is 10.3. The van der Waals surface area contributed by atoms with Crippen LogP contribution in [0.4, 0.5) is 0 Å². The Bertz CT molecular complexity index is 1460. The van der Waals surface area contributed by atoms with Gasteiger partial charge in [-0.3, -0.25) is 0 Å². The number of aromatic nitrogens is 3. The van der Waals surface area contributed by atoms with Gasteiger partial charge in [0, 0.05) is 40.5 Å². The maximum atomic E-state index is 11.6. The number of carboxylic acids is 1. The molecule has 2 aromatic heterocycles. The molecule has 0 aliphatic carbocycles. The maximum absolute atomic E-state index is 11.6. The number of hydrogen-bond donors (Lipinski definition) is 1. The van der Waals surface area contributed by atoms with E-state index in [2.05, 4.69) is 65.4 Å². The van der Waals surface area contributed by atoms with Crippen molar-refractivity contribution in [1.29, 1.82) is 0 Å².